The van der Waals surface area contributed by atoms with Gasteiger partial charge in [-0.2, -0.15) is 0 Å². The maximum atomic E-state index is 6.01. The lowest BCUT2D eigenvalue weighted by Gasteiger charge is -2.33. The largest absolute Gasteiger partial charge is 0.373 e. The van der Waals surface area contributed by atoms with Crippen molar-refractivity contribution in [2.24, 2.45) is 5.92 Å². The molecule has 1 aromatic rings. The zero-order chi connectivity index (χ0) is 12.1. The second-order valence-corrected chi connectivity index (χ2v) is 4.86. The average Bonchev–Trinajstić information content (AvgIpc) is 2.37. The van der Waals surface area contributed by atoms with E-state index < -0.39 is 0 Å². The van der Waals surface area contributed by atoms with Crippen molar-refractivity contribution >= 4 is 0 Å². The molecule has 1 N–H and O–H groups in total. The molecule has 17 heavy (non-hydrogen) atoms. The molecule has 2 heteroatoms. The molecule has 0 radical (unpaired) electrons. The van der Waals surface area contributed by atoms with E-state index in [1.165, 1.54) is 24.0 Å². The van der Waals surface area contributed by atoms with Crippen LogP contribution in [-0.4, -0.2) is 19.7 Å². The third kappa shape index (κ3) is 3.08. The van der Waals surface area contributed by atoms with Gasteiger partial charge in [-0.15, -0.1) is 0 Å². The Bertz CT molecular complexity index is 351. The summed E-state index contributed by atoms with van der Waals surface area (Å²) in [6.45, 7) is 7.35. The van der Waals surface area contributed by atoms with Crippen LogP contribution >= 0.6 is 0 Å². The summed E-state index contributed by atoms with van der Waals surface area (Å²) in [5.74, 6) is 0.616. The molecule has 1 aliphatic rings. The first kappa shape index (κ1) is 12.6. The fourth-order valence-corrected chi connectivity index (χ4v) is 2.63. The van der Waals surface area contributed by atoms with E-state index in [-0.39, 0.29) is 6.10 Å². The molecule has 2 atom stereocenters. The van der Waals surface area contributed by atoms with Gasteiger partial charge in [0.25, 0.3) is 0 Å². The van der Waals surface area contributed by atoms with Gasteiger partial charge in [-0.25, -0.2) is 0 Å². The monoisotopic (exact) mass is 233 g/mol. The number of rotatable bonds is 4. The molecule has 2 rings (SSSR count). The van der Waals surface area contributed by atoms with Crippen molar-refractivity contribution in [3.05, 3.63) is 35.4 Å². The van der Waals surface area contributed by atoms with Gasteiger partial charge in [-0.05, 0) is 37.4 Å². The third-order valence-electron chi connectivity index (χ3n) is 3.60. The highest BCUT2D eigenvalue weighted by atomic mass is 16.5. The Morgan fingerprint density at radius 2 is 2.18 bits per heavy atom. The Morgan fingerprint density at radius 1 is 1.35 bits per heavy atom. The van der Waals surface area contributed by atoms with Gasteiger partial charge in [0.1, 0.15) is 0 Å². The van der Waals surface area contributed by atoms with Crippen LogP contribution in [0.5, 0.6) is 0 Å². The summed E-state index contributed by atoms with van der Waals surface area (Å²) in [6.07, 6.45) is 2.74. The van der Waals surface area contributed by atoms with E-state index in [9.17, 15) is 0 Å². The van der Waals surface area contributed by atoms with Gasteiger partial charge in [0.05, 0.1) is 6.10 Å². The van der Waals surface area contributed by atoms with Gasteiger partial charge in [0, 0.05) is 19.1 Å². The normalized spacial score (nSPS) is 24.8. The van der Waals surface area contributed by atoms with Gasteiger partial charge < -0.3 is 10.1 Å². The van der Waals surface area contributed by atoms with Gasteiger partial charge in [0.2, 0.25) is 0 Å². The molecule has 2 nitrogen and oxygen atoms in total. The highest BCUT2D eigenvalue weighted by Gasteiger charge is 2.27. The molecule has 0 bridgehead atoms. The quantitative estimate of drug-likeness (QED) is 0.863. The summed E-state index contributed by atoms with van der Waals surface area (Å²) in [7, 11) is 0. The molecule has 1 aromatic carbocycles. The van der Waals surface area contributed by atoms with E-state index >= 15 is 0 Å². The minimum atomic E-state index is 0.281. The molecule has 1 heterocycles. The van der Waals surface area contributed by atoms with E-state index in [0.717, 1.165) is 19.7 Å². The van der Waals surface area contributed by atoms with Crippen molar-refractivity contribution in [1.29, 1.82) is 0 Å². The van der Waals surface area contributed by atoms with E-state index in [2.05, 4.69) is 43.4 Å². The molecule has 94 valence electrons. The van der Waals surface area contributed by atoms with Crippen molar-refractivity contribution < 1.29 is 4.74 Å². The number of aryl methyl sites for hydroxylation is 1. The van der Waals surface area contributed by atoms with Crippen LogP contribution in [0.4, 0.5) is 0 Å². The maximum Gasteiger partial charge on any atom is 0.0867 e. The third-order valence-corrected chi connectivity index (χ3v) is 3.60. The minimum absolute atomic E-state index is 0.281. The smallest absolute Gasteiger partial charge is 0.0867 e. The van der Waals surface area contributed by atoms with Crippen LogP contribution in [0.1, 0.15) is 37.0 Å². The number of hydrogen-bond acceptors (Lipinski definition) is 2. The van der Waals surface area contributed by atoms with Crippen molar-refractivity contribution in [3.63, 3.8) is 0 Å². The number of hydrogen-bond donors (Lipinski definition) is 1. The van der Waals surface area contributed by atoms with Crippen LogP contribution < -0.4 is 5.32 Å². The summed E-state index contributed by atoms with van der Waals surface area (Å²) < 4.78 is 6.01. The Kier molecular flexibility index (Phi) is 4.57. The van der Waals surface area contributed by atoms with Crippen LogP contribution in [-0.2, 0) is 4.74 Å². The average molecular weight is 233 g/mol. The first-order valence-corrected chi connectivity index (χ1v) is 6.70. The molecule has 0 amide bonds. The molecular formula is C15H23NO. The van der Waals surface area contributed by atoms with Crippen LogP contribution in [0.15, 0.2) is 24.3 Å². The predicted octanol–water partition coefficient (Wildman–Crippen LogP) is 3.07. The van der Waals surface area contributed by atoms with E-state index in [4.69, 9.17) is 4.74 Å². The van der Waals surface area contributed by atoms with Crippen LogP contribution in [0.3, 0.4) is 0 Å². The highest BCUT2D eigenvalue weighted by molar-refractivity contribution is 5.28. The second-order valence-electron chi connectivity index (χ2n) is 4.86. The topological polar surface area (TPSA) is 21.3 Å². The summed E-state index contributed by atoms with van der Waals surface area (Å²) in [6, 6.07) is 8.60. The van der Waals surface area contributed by atoms with Crippen molar-refractivity contribution in [1.82, 2.24) is 5.32 Å². The standard InChI is InChI=1S/C15H23NO/c1-3-16-11-13-8-6-10-17-15(13)14-9-5-4-7-12(14)2/h4-5,7,9,13,15-16H,3,6,8,10-11H2,1-2H3. The van der Waals surface area contributed by atoms with Gasteiger partial charge >= 0.3 is 0 Å². The summed E-state index contributed by atoms with van der Waals surface area (Å²) in [5.41, 5.74) is 2.72. The lowest BCUT2D eigenvalue weighted by atomic mass is 9.87. The lowest BCUT2D eigenvalue weighted by Crippen LogP contribution is -2.32. The van der Waals surface area contributed by atoms with Crippen LogP contribution in [0.2, 0.25) is 0 Å². The highest BCUT2D eigenvalue weighted by Crippen LogP contribution is 2.34. The van der Waals surface area contributed by atoms with E-state index in [1.807, 2.05) is 0 Å². The lowest BCUT2D eigenvalue weighted by molar-refractivity contribution is -0.0279. The van der Waals surface area contributed by atoms with Crippen molar-refractivity contribution in [3.8, 4) is 0 Å². The Labute approximate surface area is 104 Å². The molecule has 1 aliphatic heterocycles. The summed E-state index contributed by atoms with van der Waals surface area (Å²) >= 11 is 0. The Balaban J connectivity index is 2.13. The van der Waals surface area contributed by atoms with Crippen LogP contribution in [0, 0.1) is 12.8 Å². The molecule has 0 spiro atoms. The Hall–Kier alpha value is -0.860. The van der Waals surface area contributed by atoms with Crippen molar-refractivity contribution in [2.75, 3.05) is 19.7 Å². The maximum absolute atomic E-state index is 6.01. The number of benzene rings is 1. The van der Waals surface area contributed by atoms with Gasteiger partial charge in [-0.1, -0.05) is 31.2 Å². The van der Waals surface area contributed by atoms with E-state index in [1.54, 1.807) is 0 Å². The summed E-state index contributed by atoms with van der Waals surface area (Å²) in [5, 5.41) is 3.46. The minimum Gasteiger partial charge on any atom is -0.373 e. The number of nitrogens with one attached hydrogen (secondary N) is 1. The molecule has 0 aromatic heterocycles. The fourth-order valence-electron chi connectivity index (χ4n) is 2.63. The first-order valence-electron chi connectivity index (χ1n) is 6.70. The van der Waals surface area contributed by atoms with Gasteiger partial charge in [-0.3, -0.25) is 0 Å². The Morgan fingerprint density at radius 3 is 2.94 bits per heavy atom. The molecule has 1 fully saturated rings. The fraction of sp³-hybridized carbons (Fsp3) is 0.600. The van der Waals surface area contributed by atoms with Gasteiger partial charge in [0.15, 0.2) is 0 Å². The zero-order valence-corrected chi connectivity index (χ0v) is 10.9. The molecule has 0 aliphatic carbocycles. The van der Waals surface area contributed by atoms with Crippen molar-refractivity contribution in [2.45, 2.75) is 32.8 Å². The molecule has 0 saturated carbocycles. The SMILES string of the molecule is CCNCC1CCCOC1c1ccccc1C. The molecular weight excluding hydrogens is 210 g/mol. The predicted molar refractivity (Wildman–Crippen MR) is 71.1 cm³/mol. The number of ether oxygens (including phenoxy) is 1. The molecule has 1 saturated heterocycles. The first-order chi connectivity index (χ1) is 8.33. The molecule has 2 unspecified atom stereocenters. The second kappa shape index (κ2) is 6.18. The zero-order valence-electron chi connectivity index (χ0n) is 10.9. The summed E-state index contributed by atoms with van der Waals surface area (Å²) in [4.78, 5) is 0. The van der Waals surface area contributed by atoms with Crippen LogP contribution in [0.25, 0.3) is 0 Å². The van der Waals surface area contributed by atoms with E-state index in [0.29, 0.717) is 5.92 Å².